The van der Waals surface area contributed by atoms with Crippen LogP contribution in [0, 0.1) is 18.4 Å². The molecule has 3 N–H and O–H groups in total. The minimum atomic E-state index is -1.45. The Morgan fingerprint density at radius 1 is 1.41 bits per heavy atom. The molecule has 1 atom stereocenters. The molecule has 9 heteroatoms. The van der Waals surface area contributed by atoms with Crippen molar-refractivity contribution in [3.05, 3.63) is 62.4 Å². The van der Waals surface area contributed by atoms with E-state index < -0.39 is 5.60 Å². The van der Waals surface area contributed by atoms with Crippen LogP contribution in [0.3, 0.4) is 0 Å². The van der Waals surface area contributed by atoms with Gasteiger partial charge in [0.2, 0.25) is 11.0 Å². The van der Waals surface area contributed by atoms with Gasteiger partial charge in [-0.3, -0.25) is 0 Å². The molecule has 0 amide bonds. The lowest BCUT2D eigenvalue weighted by atomic mass is 10.1. The maximum absolute atomic E-state index is 10.7. The van der Waals surface area contributed by atoms with Crippen molar-refractivity contribution >= 4 is 46.2 Å². The van der Waals surface area contributed by atoms with Gasteiger partial charge in [-0.2, -0.15) is 4.98 Å². The summed E-state index contributed by atoms with van der Waals surface area (Å²) in [7, 11) is 0. The number of anilines is 3. The number of hydrogen-bond acceptors (Lipinski definition) is 7. The lowest BCUT2D eigenvalue weighted by molar-refractivity contribution is 0.122. The van der Waals surface area contributed by atoms with E-state index in [-0.39, 0.29) is 11.8 Å². The van der Waals surface area contributed by atoms with Crippen molar-refractivity contribution in [1.29, 1.82) is 0 Å². The number of benzene rings is 1. The van der Waals surface area contributed by atoms with Crippen molar-refractivity contribution in [1.82, 2.24) is 15.0 Å². The SMILES string of the molecule is [C-]#[N+]c1csc(C(C)(O)C#Cc2ccc3c(c2)N(c2nc(N)ncc2Cl)CC3)n1. The van der Waals surface area contributed by atoms with Gasteiger partial charge < -0.3 is 20.6 Å². The van der Waals surface area contributed by atoms with Gasteiger partial charge in [0.1, 0.15) is 5.02 Å². The number of rotatable bonds is 2. The Bertz CT molecular complexity index is 1200. The van der Waals surface area contributed by atoms with Crippen molar-refractivity contribution in [2.45, 2.75) is 18.9 Å². The molecule has 0 fully saturated rings. The third-order valence-electron chi connectivity index (χ3n) is 4.45. The van der Waals surface area contributed by atoms with Crippen molar-refractivity contribution in [2.24, 2.45) is 0 Å². The third kappa shape index (κ3) is 3.74. The van der Waals surface area contributed by atoms with Crippen LogP contribution in [0.25, 0.3) is 4.85 Å². The zero-order valence-electron chi connectivity index (χ0n) is 15.3. The van der Waals surface area contributed by atoms with Gasteiger partial charge in [0.25, 0.3) is 5.82 Å². The molecule has 29 heavy (non-hydrogen) atoms. The highest BCUT2D eigenvalue weighted by atomic mass is 35.5. The summed E-state index contributed by atoms with van der Waals surface area (Å²) < 4.78 is 0. The molecule has 1 unspecified atom stereocenters. The van der Waals surface area contributed by atoms with Crippen molar-refractivity contribution < 1.29 is 5.11 Å². The Labute approximate surface area is 176 Å². The van der Waals surface area contributed by atoms with E-state index in [1.54, 1.807) is 12.3 Å². The van der Waals surface area contributed by atoms with Gasteiger partial charge in [-0.15, -0.1) is 16.3 Å². The van der Waals surface area contributed by atoms with Crippen LogP contribution in [0.5, 0.6) is 0 Å². The molecule has 0 spiro atoms. The first-order valence-electron chi connectivity index (χ1n) is 8.65. The highest BCUT2D eigenvalue weighted by Crippen LogP contribution is 2.37. The average molecular weight is 423 g/mol. The zero-order valence-corrected chi connectivity index (χ0v) is 16.9. The Hall–Kier alpha value is -3.17. The molecule has 1 aliphatic heterocycles. The first kappa shape index (κ1) is 19.2. The van der Waals surface area contributed by atoms with Crippen LogP contribution in [0.2, 0.25) is 5.02 Å². The first-order valence-corrected chi connectivity index (χ1v) is 9.90. The Balaban J connectivity index is 1.67. The van der Waals surface area contributed by atoms with E-state index in [9.17, 15) is 5.11 Å². The summed E-state index contributed by atoms with van der Waals surface area (Å²) in [5.41, 5.74) is 7.11. The summed E-state index contributed by atoms with van der Waals surface area (Å²) in [5, 5.41) is 13.1. The van der Waals surface area contributed by atoms with Gasteiger partial charge in [-0.25, -0.2) is 4.98 Å². The molecule has 4 rings (SSSR count). The minimum absolute atomic E-state index is 0.159. The topological polar surface area (TPSA) is 92.5 Å². The first-order chi connectivity index (χ1) is 13.9. The molecule has 0 bridgehead atoms. The second kappa shape index (κ2) is 7.34. The van der Waals surface area contributed by atoms with Crippen LogP contribution in [-0.4, -0.2) is 26.6 Å². The standard InChI is InChI=1S/C20H15ClN6OS/c1-20(28,18-25-16(23-2)11-29-18)7-5-12-3-4-13-6-8-27(15(13)9-12)17-14(21)10-24-19(22)26-17/h3-4,9-11,28H,6,8H2,1H3,(H2,22,24,26). The van der Waals surface area contributed by atoms with Gasteiger partial charge in [0, 0.05) is 23.2 Å². The van der Waals surface area contributed by atoms with E-state index in [0.717, 1.165) is 29.8 Å². The number of hydrogen-bond donors (Lipinski definition) is 2. The Morgan fingerprint density at radius 3 is 3.00 bits per heavy atom. The van der Waals surface area contributed by atoms with Gasteiger partial charge in [0.05, 0.1) is 6.20 Å². The molecular weight excluding hydrogens is 408 g/mol. The highest BCUT2D eigenvalue weighted by Gasteiger charge is 2.28. The van der Waals surface area contributed by atoms with Gasteiger partial charge in [0.15, 0.2) is 11.4 Å². The van der Waals surface area contributed by atoms with Gasteiger partial charge in [-0.05, 0) is 31.0 Å². The molecule has 1 aliphatic rings. The summed E-state index contributed by atoms with van der Waals surface area (Å²) >= 11 is 7.49. The fourth-order valence-electron chi connectivity index (χ4n) is 3.03. The third-order valence-corrected chi connectivity index (χ3v) is 5.76. The normalized spacial score (nSPS) is 14.5. The number of nitrogens with zero attached hydrogens (tertiary/aromatic N) is 5. The lowest BCUT2D eigenvalue weighted by Gasteiger charge is -2.19. The second-order valence-electron chi connectivity index (χ2n) is 6.59. The summed E-state index contributed by atoms with van der Waals surface area (Å²) in [6, 6.07) is 5.85. The molecular formula is C20H15ClN6OS. The van der Waals surface area contributed by atoms with E-state index >= 15 is 0 Å². The second-order valence-corrected chi connectivity index (χ2v) is 7.86. The molecule has 0 saturated carbocycles. The number of fused-ring (bicyclic) bond motifs is 1. The number of aromatic nitrogens is 3. The van der Waals surface area contributed by atoms with E-state index in [2.05, 4.69) is 31.6 Å². The largest absolute Gasteiger partial charge is 0.370 e. The van der Waals surface area contributed by atoms with Crippen LogP contribution in [0.1, 0.15) is 23.1 Å². The molecule has 3 heterocycles. The maximum Gasteiger partial charge on any atom is 0.280 e. The van der Waals surface area contributed by atoms with Gasteiger partial charge >= 0.3 is 0 Å². The van der Waals surface area contributed by atoms with E-state index in [1.165, 1.54) is 17.5 Å². The molecule has 2 aromatic heterocycles. The Kier molecular flexibility index (Phi) is 4.85. The predicted octanol–water partition coefficient (Wildman–Crippen LogP) is 3.67. The number of aliphatic hydroxyl groups is 1. The Morgan fingerprint density at radius 2 is 2.24 bits per heavy atom. The van der Waals surface area contributed by atoms with Crippen LogP contribution >= 0.6 is 22.9 Å². The number of nitrogen functional groups attached to an aromatic ring is 1. The molecule has 3 aromatic rings. The van der Waals surface area contributed by atoms with Crippen LogP contribution < -0.4 is 10.6 Å². The van der Waals surface area contributed by atoms with E-state index in [0.29, 0.717) is 15.8 Å². The maximum atomic E-state index is 10.7. The fourth-order valence-corrected chi connectivity index (χ4v) is 3.97. The van der Waals surface area contributed by atoms with Crippen LogP contribution in [-0.2, 0) is 12.0 Å². The molecule has 0 aliphatic carbocycles. The molecule has 0 saturated heterocycles. The monoisotopic (exact) mass is 422 g/mol. The van der Waals surface area contributed by atoms with Crippen molar-refractivity contribution in [2.75, 3.05) is 17.2 Å². The van der Waals surface area contributed by atoms with Crippen molar-refractivity contribution in [3.63, 3.8) is 0 Å². The number of nitrogens with two attached hydrogens (primary N) is 1. The predicted molar refractivity (Wildman–Crippen MR) is 113 cm³/mol. The summed E-state index contributed by atoms with van der Waals surface area (Å²) in [4.78, 5) is 17.5. The van der Waals surface area contributed by atoms with Crippen molar-refractivity contribution in [3.8, 4) is 11.8 Å². The molecule has 1 aromatic carbocycles. The van der Waals surface area contributed by atoms with Gasteiger partial charge in [-0.1, -0.05) is 36.1 Å². The molecule has 0 radical (unpaired) electrons. The summed E-state index contributed by atoms with van der Waals surface area (Å²) in [6.45, 7) is 9.29. The van der Waals surface area contributed by atoms with Crippen LogP contribution in [0.15, 0.2) is 29.8 Å². The smallest absolute Gasteiger partial charge is 0.280 e. The molecule has 144 valence electrons. The fraction of sp³-hybridized carbons (Fsp3) is 0.200. The van der Waals surface area contributed by atoms with E-state index in [1.807, 2.05) is 23.1 Å². The van der Waals surface area contributed by atoms with E-state index in [4.69, 9.17) is 23.9 Å². The minimum Gasteiger partial charge on any atom is -0.370 e. The zero-order chi connectivity index (χ0) is 20.6. The highest BCUT2D eigenvalue weighted by molar-refractivity contribution is 7.10. The average Bonchev–Trinajstić information content (AvgIpc) is 3.35. The summed E-state index contributed by atoms with van der Waals surface area (Å²) in [5.74, 6) is 6.84. The van der Waals surface area contributed by atoms with Crippen LogP contribution in [0.4, 0.5) is 23.3 Å². The number of thiazole rings is 1. The lowest BCUT2D eigenvalue weighted by Crippen LogP contribution is -2.18. The number of halogens is 1. The summed E-state index contributed by atoms with van der Waals surface area (Å²) in [6.07, 6.45) is 2.34. The quantitative estimate of drug-likeness (QED) is 0.483. The molecule has 7 nitrogen and oxygen atoms in total.